The van der Waals surface area contributed by atoms with Crippen LogP contribution in [0, 0.1) is 0 Å². The molecule has 0 aliphatic rings. The molecule has 2 aromatic carbocycles. The fourth-order valence-corrected chi connectivity index (χ4v) is 3.26. The van der Waals surface area contributed by atoms with Crippen LogP contribution in [0.1, 0.15) is 0 Å². The summed E-state index contributed by atoms with van der Waals surface area (Å²) in [5.74, 6) is -4.33. The van der Waals surface area contributed by atoms with Crippen molar-refractivity contribution in [1.82, 2.24) is 4.90 Å². The molecule has 2 N–H and O–H groups in total. The first-order valence-electron chi connectivity index (χ1n) is 8.24. The maximum Gasteiger partial charge on any atom is 0.341 e. The summed E-state index contributed by atoms with van der Waals surface area (Å²) in [6, 6.07) is 11.0. The molecule has 2 amide bonds. The molecule has 29 heavy (non-hydrogen) atoms. The van der Waals surface area contributed by atoms with Gasteiger partial charge in [0.15, 0.2) is 0 Å². The first-order valence-corrected chi connectivity index (χ1v) is 10.2. The molecular formula is C18H18ClF2N3O4S. The minimum atomic E-state index is -4.69. The smallest absolute Gasteiger partial charge is 0.325 e. The SMILES string of the molecule is CN(CC(=O)Nc1ccc(S(=O)(=O)C(F)F)cc1)CC(=O)Nc1cccc(Cl)c1. The summed E-state index contributed by atoms with van der Waals surface area (Å²) in [6.45, 7) is -0.189. The Hall–Kier alpha value is -2.56. The molecule has 0 saturated carbocycles. The van der Waals surface area contributed by atoms with Crippen molar-refractivity contribution in [2.45, 2.75) is 10.7 Å². The van der Waals surface area contributed by atoms with Crippen LogP contribution in [0.25, 0.3) is 0 Å². The van der Waals surface area contributed by atoms with E-state index in [-0.39, 0.29) is 24.7 Å². The largest absolute Gasteiger partial charge is 0.341 e. The van der Waals surface area contributed by atoms with Crippen molar-refractivity contribution in [3.8, 4) is 0 Å². The van der Waals surface area contributed by atoms with E-state index in [0.29, 0.717) is 10.7 Å². The number of carbonyl (C=O) groups excluding carboxylic acids is 2. The molecule has 0 atom stereocenters. The van der Waals surface area contributed by atoms with Gasteiger partial charge in [0.1, 0.15) is 0 Å². The Morgan fingerprint density at radius 2 is 1.55 bits per heavy atom. The van der Waals surface area contributed by atoms with Gasteiger partial charge in [0.25, 0.3) is 0 Å². The number of rotatable bonds is 8. The van der Waals surface area contributed by atoms with Gasteiger partial charge in [-0.15, -0.1) is 0 Å². The van der Waals surface area contributed by atoms with Crippen LogP contribution in [0.2, 0.25) is 5.02 Å². The molecule has 2 aromatic rings. The number of likely N-dealkylation sites (N-methyl/N-ethyl adjacent to an activating group) is 1. The summed E-state index contributed by atoms with van der Waals surface area (Å²) in [4.78, 5) is 25.0. The molecule has 0 spiro atoms. The third-order valence-electron chi connectivity index (χ3n) is 3.64. The van der Waals surface area contributed by atoms with E-state index in [9.17, 15) is 26.8 Å². The lowest BCUT2D eigenvalue weighted by Crippen LogP contribution is -2.36. The van der Waals surface area contributed by atoms with Crippen molar-refractivity contribution < 1.29 is 26.8 Å². The van der Waals surface area contributed by atoms with Gasteiger partial charge in [-0.25, -0.2) is 8.42 Å². The standard InChI is InChI=1S/C18H18ClF2N3O4S/c1-24(11-17(26)23-14-4-2-3-12(19)9-14)10-16(25)22-13-5-7-15(8-6-13)29(27,28)18(20)21/h2-9,18H,10-11H2,1H3,(H,22,25)(H,23,26). The molecule has 0 fully saturated rings. The molecule has 11 heteroatoms. The Labute approximate surface area is 171 Å². The predicted molar refractivity (Wildman–Crippen MR) is 106 cm³/mol. The number of benzene rings is 2. The molecule has 0 aliphatic heterocycles. The topological polar surface area (TPSA) is 95.6 Å². The molecule has 0 saturated heterocycles. The molecular weight excluding hydrogens is 428 g/mol. The Balaban J connectivity index is 1.86. The lowest BCUT2D eigenvalue weighted by atomic mass is 10.3. The van der Waals surface area contributed by atoms with Crippen LogP contribution in [0.15, 0.2) is 53.4 Å². The van der Waals surface area contributed by atoms with Crippen LogP contribution in [0.5, 0.6) is 0 Å². The predicted octanol–water partition coefficient (Wildman–Crippen LogP) is 2.85. The van der Waals surface area contributed by atoms with Crippen LogP contribution in [0.3, 0.4) is 0 Å². The maximum atomic E-state index is 12.5. The van der Waals surface area contributed by atoms with Crippen LogP contribution >= 0.6 is 11.6 Å². The number of alkyl halides is 2. The summed E-state index contributed by atoms with van der Waals surface area (Å²) >= 11 is 5.84. The van der Waals surface area contributed by atoms with Crippen molar-refractivity contribution in [3.63, 3.8) is 0 Å². The highest BCUT2D eigenvalue weighted by Gasteiger charge is 2.26. The van der Waals surface area contributed by atoms with E-state index in [1.165, 1.54) is 17.0 Å². The maximum absolute atomic E-state index is 12.5. The highest BCUT2D eigenvalue weighted by molar-refractivity contribution is 7.91. The highest BCUT2D eigenvalue weighted by atomic mass is 35.5. The summed E-state index contributed by atoms with van der Waals surface area (Å²) in [7, 11) is -3.13. The Kier molecular flexibility index (Phi) is 7.66. The minimum Gasteiger partial charge on any atom is -0.325 e. The Bertz CT molecular complexity index is 985. The lowest BCUT2D eigenvalue weighted by Gasteiger charge is -2.16. The van der Waals surface area contributed by atoms with Gasteiger partial charge >= 0.3 is 5.76 Å². The summed E-state index contributed by atoms with van der Waals surface area (Å²) in [5.41, 5.74) is 0.763. The molecule has 2 rings (SSSR count). The third kappa shape index (κ3) is 6.77. The van der Waals surface area contributed by atoms with E-state index in [0.717, 1.165) is 12.1 Å². The van der Waals surface area contributed by atoms with Crippen molar-refractivity contribution in [3.05, 3.63) is 53.6 Å². The number of hydrogen-bond donors (Lipinski definition) is 2. The van der Waals surface area contributed by atoms with Gasteiger partial charge in [-0.1, -0.05) is 17.7 Å². The molecule has 7 nitrogen and oxygen atoms in total. The zero-order valence-electron chi connectivity index (χ0n) is 15.2. The van der Waals surface area contributed by atoms with Gasteiger partial charge in [0, 0.05) is 16.4 Å². The second-order valence-electron chi connectivity index (χ2n) is 6.11. The summed E-state index contributed by atoms with van der Waals surface area (Å²) in [5, 5.41) is 5.63. The Morgan fingerprint density at radius 3 is 2.07 bits per heavy atom. The molecule has 0 heterocycles. The lowest BCUT2D eigenvalue weighted by molar-refractivity contribution is -0.119. The zero-order chi connectivity index (χ0) is 21.6. The molecule has 0 bridgehead atoms. The zero-order valence-corrected chi connectivity index (χ0v) is 16.8. The highest BCUT2D eigenvalue weighted by Crippen LogP contribution is 2.20. The van der Waals surface area contributed by atoms with Crippen LogP contribution < -0.4 is 10.6 Å². The van der Waals surface area contributed by atoms with Gasteiger partial charge in [-0.05, 0) is 49.5 Å². The number of nitrogens with zero attached hydrogens (tertiary/aromatic N) is 1. The van der Waals surface area contributed by atoms with Gasteiger partial charge in [0.2, 0.25) is 21.7 Å². The average molecular weight is 446 g/mol. The van der Waals surface area contributed by atoms with Gasteiger partial charge in [-0.3, -0.25) is 14.5 Å². The number of nitrogens with one attached hydrogen (secondary N) is 2. The van der Waals surface area contributed by atoms with Crippen molar-refractivity contribution in [2.75, 3.05) is 30.8 Å². The third-order valence-corrected chi connectivity index (χ3v) is 5.27. The summed E-state index contributed by atoms with van der Waals surface area (Å²) < 4.78 is 47.8. The van der Waals surface area contributed by atoms with E-state index in [2.05, 4.69) is 10.6 Å². The number of carbonyl (C=O) groups is 2. The van der Waals surface area contributed by atoms with E-state index in [1.54, 1.807) is 31.3 Å². The monoisotopic (exact) mass is 445 g/mol. The minimum absolute atomic E-state index is 0.0640. The average Bonchev–Trinajstić information content (AvgIpc) is 2.61. The van der Waals surface area contributed by atoms with E-state index in [4.69, 9.17) is 11.6 Å². The van der Waals surface area contributed by atoms with Crippen LogP contribution in [0.4, 0.5) is 20.2 Å². The normalized spacial score (nSPS) is 11.5. The van der Waals surface area contributed by atoms with E-state index in [1.807, 2.05) is 0 Å². The second kappa shape index (κ2) is 9.77. The number of hydrogen-bond acceptors (Lipinski definition) is 5. The van der Waals surface area contributed by atoms with Crippen molar-refractivity contribution in [1.29, 1.82) is 0 Å². The summed E-state index contributed by atoms with van der Waals surface area (Å²) in [6.07, 6.45) is 0. The van der Waals surface area contributed by atoms with Gasteiger partial charge in [-0.2, -0.15) is 8.78 Å². The van der Waals surface area contributed by atoms with E-state index >= 15 is 0 Å². The van der Waals surface area contributed by atoms with Gasteiger partial charge in [0.05, 0.1) is 18.0 Å². The number of anilines is 2. The first kappa shape index (κ1) is 22.7. The molecule has 156 valence electrons. The fraction of sp³-hybridized carbons (Fsp3) is 0.222. The van der Waals surface area contributed by atoms with Crippen LogP contribution in [-0.2, 0) is 19.4 Å². The van der Waals surface area contributed by atoms with E-state index < -0.39 is 26.4 Å². The van der Waals surface area contributed by atoms with Crippen molar-refractivity contribution in [2.24, 2.45) is 0 Å². The molecule has 0 aromatic heterocycles. The number of halogens is 3. The van der Waals surface area contributed by atoms with Crippen LogP contribution in [-0.4, -0.2) is 51.0 Å². The molecule has 0 unspecified atom stereocenters. The molecule has 0 radical (unpaired) electrons. The quantitative estimate of drug-likeness (QED) is 0.651. The fourth-order valence-electron chi connectivity index (χ4n) is 2.34. The molecule has 0 aliphatic carbocycles. The van der Waals surface area contributed by atoms with Crippen molar-refractivity contribution >= 4 is 44.6 Å². The second-order valence-corrected chi connectivity index (χ2v) is 8.46. The van der Waals surface area contributed by atoms with Gasteiger partial charge < -0.3 is 10.6 Å². The number of amides is 2. The number of sulfone groups is 1. The first-order chi connectivity index (χ1) is 13.6. The Morgan fingerprint density at radius 1 is 1.00 bits per heavy atom.